The minimum absolute atomic E-state index is 0.174. The number of aromatic nitrogens is 4. The first kappa shape index (κ1) is 15.4. The molecule has 0 unspecified atom stereocenters. The van der Waals surface area contributed by atoms with E-state index in [-0.39, 0.29) is 11.8 Å². The van der Waals surface area contributed by atoms with Gasteiger partial charge in [-0.05, 0) is 44.6 Å². The molecular weight excluding hydrogens is 306 g/mol. The van der Waals surface area contributed by atoms with Gasteiger partial charge in [-0.3, -0.25) is 9.89 Å². The molecule has 3 heterocycles. The number of aromatic amines is 1. The summed E-state index contributed by atoms with van der Waals surface area (Å²) in [6, 6.07) is 0. The lowest BCUT2D eigenvalue weighted by Crippen LogP contribution is -2.28. The van der Waals surface area contributed by atoms with Gasteiger partial charge in [-0.1, -0.05) is 5.16 Å². The first-order valence-electron chi connectivity index (χ1n) is 8.83. The lowest BCUT2D eigenvalue weighted by atomic mass is 9.94. The monoisotopic (exact) mass is 329 g/mol. The number of carbonyl (C=O) groups is 1. The Morgan fingerprint density at radius 2 is 2.25 bits per heavy atom. The molecule has 1 amide bonds. The number of fused-ring (bicyclic) bond motifs is 1. The molecular formula is C17H23N5O2. The Balaban J connectivity index is 1.33. The normalized spacial score (nSPS) is 20.4. The molecule has 1 aliphatic heterocycles. The van der Waals surface area contributed by atoms with Crippen LogP contribution in [-0.4, -0.2) is 44.2 Å². The van der Waals surface area contributed by atoms with Crippen LogP contribution in [0.3, 0.4) is 0 Å². The number of rotatable bonds is 4. The molecule has 0 bridgehead atoms. The van der Waals surface area contributed by atoms with Crippen LogP contribution in [0.1, 0.15) is 60.3 Å². The molecule has 7 nitrogen and oxygen atoms in total. The average molecular weight is 329 g/mol. The van der Waals surface area contributed by atoms with Crippen molar-refractivity contribution in [2.24, 2.45) is 0 Å². The van der Waals surface area contributed by atoms with Crippen molar-refractivity contribution in [2.75, 3.05) is 13.1 Å². The fraction of sp³-hybridized carbons (Fsp3) is 0.647. The Morgan fingerprint density at radius 3 is 3.08 bits per heavy atom. The lowest BCUT2D eigenvalue weighted by molar-refractivity contribution is -0.130. The van der Waals surface area contributed by atoms with Gasteiger partial charge in [0.25, 0.3) is 0 Å². The van der Waals surface area contributed by atoms with Crippen molar-refractivity contribution in [3.8, 4) is 0 Å². The van der Waals surface area contributed by atoms with Crippen LogP contribution in [0.15, 0.2) is 4.52 Å². The van der Waals surface area contributed by atoms with E-state index in [4.69, 9.17) is 4.52 Å². The molecule has 0 spiro atoms. The molecule has 2 aliphatic rings. The van der Waals surface area contributed by atoms with Crippen molar-refractivity contribution in [3.63, 3.8) is 0 Å². The highest BCUT2D eigenvalue weighted by atomic mass is 16.5. The van der Waals surface area contributed by atoms with E-state index < -0.39 is 0 Å². The third kappa shape index (κ3) is 2.95. The van der Waals surface area contributed by atoms with Crippen LogP contribution in [0.2, 0.25) is 0 Å². The van der Waals surface area contributed by atoms with Gasteiger partial charge < -0.3 is 9.42 Å². The Kier molecular flexibility index (Phi) is 4.08. The largest absolute Gasteiger partial charge is 0.342 e. The Morgan fingerprint density at radius 1 is 1.38 bits per heavy atom. The number of nitrogens with one attached hydrogen (secondary N) is 1. The quantitative estimate of drug-likeness (QED) is 0.926. The molecule has 2 aromatic heterocycles. The summed E-state index contributed by atoms with van der Waals surface area (Å²) in [7, 11) is 0. The Labute approximate surface area is 140 Å². The van der Waals surface area contributed by atoms with Gasteiger partial charge >= 0.3 is 0 Å². The third-order valence-corrected chi connectivity index (χ3v) is 5.15. The molecule has 1 saturated heterocycles. The Hall–Kier alpha value is -2.18. The molecule has 24 heavy (non-hydrogen) atoms. The van der Waals surface area contributed by atoms with Crippen LogP contribution in [0.4, 0.5) is 0 Å². The van der Waals surface area contributed by atoms with E-state index in [1.807, 2.05) is 11.8 Å². The van der Waals surface area contributed by atoms with Gasteiger partial charge in [0, 0.05) is 31.6 Å². The predicted octanol–water partition coefficient (Wildman–Crippen LogP) is 1.93. The molecule has 1 aliphatic carbocycles. The first-order valence-corrected chi connectivity index (χ1v) is 8.83. The number of nitrogens with zero attached hydrogens (tertiary/aromatic N) is 4. The predicted molar refractivity (Wildman–Crippen MR) is 86.5 cm³/mol. The van der Waals surface area contributed by atoms with Gasteiger partial charge in [0.05, 0.1) is 11.6 Å². The van der Waals surface area contributed by atoms with Crippen LogP contribution < -0.4 is 0 Å². The second kappa shape index (κ2) is 6.37. The van der Waals surface area contributed by atoms with Gasteiger partial charge in [0.2, 0.25) is 11.8 Å². The minimum atomic E-state index is 0.174. The zero-order valence-electron chi connectivity index (χ0n) is 14.0. The fourth-order valence-electron chi connectivity index (χ4n) is 3.81. The van der Waals surface area contributed by atoms with Crippen molar-refractivity contribution in [3.05, 3.63) is 28.7 Å². The van der Waals surface area contributed by atoms with E-state index in [9.17, 15) is 4.79 Å². The van der Waals surface area contributed by atoms with E-state index in [1.54, 1.807) is 0 Å². The van der Waals surface area contributed by atoms with Crippen molar-refractivity contribution in [1.82, 2.24) is 25.2 Å². The SMILES string of the molecule is Cc1noc([C@H]2CCN(C(=O)CCc3n[nH]c4c3CCCC4)C2)n1. The van der Waals surface area contributed by atoms with Gasteiger partial charge in [0.1, 0.15) is 0 Å². The second-order valence-corrected chi connectivity index (χ2v) is 6.84. The summed E-state index contributed by atoms with van der Waals surface area (Å²) in [6.45, 7) is 3.26. The Bertz CT molecular complexity index is 735. The number of amides is 1. The van der Waals surface area contributed by atoms with Crippen molar-refractivity contribution >= 4 is 5.91 Å². The summed E-state index contributed by atoms with van der Waals surface area (Å²) >= 11 is 0. The van der Waals surface area contributed by atoms with E-state index in [2.05, 4.69) is 20.3 Å². The van der Waals surface area contributed by atoms with Gasteiger partial charge in [0.15, 0.2) is 5.82 Å². The molecule has 7 heteroatoms. The molecule has 2 aromatic rings. The average Bonchev–Trinajstić information content (AvgIpc) is 3.31. The number of likely N-dealkylation sites (tertiary alicyclic amines) is 1. The second-order valence-electron chi connectivity index (χ2n) is 6.84. The van der Waals surface area contributed by atoms with Crippen LogP contribution in [-0.2, 0) is 24.1 Å². The maximum atomic E-state index is 12.5. The summed E-state index contributed by atoms with van der Waals surface area (Å²) in [5.41, 5.74) is 3.72. The fourth-order valence-corrected chi connectivity index (χ4v) is 3.81. The lowest BCUT2D eigenvalue weighted by Gasteiger charge is -2.16. The summed E-state index contributed by atoms with van der Waals surface area (Å²) in [6.07, 6.45) is 6.79. The standard InChI is InChI=1S/C17H23N5O2/c1-11-18-17(24-21-11)12-8-9-22(10-12)16(23)7-6-15-13-4-2-3-5-14(13)19-20-15/h12H,2-10H2,1H3,(H,19,20)/t12-/m0/s1. The highest BCUT2D eigenvalue weighted by molar-refractivity contribution is 5.76. The number of H-pyrrole nitrogens is 1. The highest BCUT2D eigenvalue weighted by Gasteiger charge is 2.30. The molecule has 128 valence electrons. The first-order chi connectivity index (χ1) is 11.7. The maximum absolute atomic E-state index is 12.5. The number of aryl methyl sites for hydroxylation is 3. The van der Waals surface area contributed by atoms with E-state index in [0.717, 1.165) is 37.9 Å². The smallest absolute Gasteiger partial charge is 0.231 e. The van der Waals surface area contributed by atoms with Crippen LogP contribution >= 0.6 is 0 Å². The zero-order chi connectivity index (χ0) is 16.5. The molecule has 0 radical (unpaired) electrons. The minimum Gasteiger partial charge on any atom is -0.342 e. The summed E-state index contributed by atoms with van der Waals surface area (Å²) < 4.78 is 5.24. The topological polar surface area (TPSA) is 87.9 Å². The van der Waals surface area contributed by atoms with E-state index in [0.29, 0.717) is 24.7 Å². The third-order valence-electron chi connectivity index (χ3n) is 5.15. The summed E-state index contributed by atoms with van der Waals surface area (Å²) in [4.78, 5) is 18.7. The van der Waals surface area contributed by atoms with Crippen LogP contribution in [0, 0.1) is 6.92 Å². The van der Waals surface area contributed by atoms with Gasteiger partial charge in [-0.15, -0.1) is 0 Å². The van der Waals surface area contributed by atoms with Crippen LogP contribution in [0.5, 0.6) is 0 Å². The maximum Gasteiger partial charge on any atom is 0.231 e. The number of hydrogen-bond donors (Lipinski definition) is 1. The molecule has 1 fully saturated rings. The van der Waals surface area contributed by atoms with E-state index >= 15 is 0 Å². The number of hydrogen-bond acceptors (Lipinski definition) is 5. The molecule has 1 atom stereocenters. The molecule has 1 N–H and O–H groups in total. The molecule has 0 saturated carbocycles. The highest BCUT2D eigenvalue weighted by Crippen LogP contribution is 2.27. The van der Waals surface area contributed by atoms with Gasteiger partial charge in [-0.2, -0.15) is 10.1 Å². The van der Waals surface area contributed by atoms with Gasteiger partial charge in [-0.25, -0.2) is 0 Å². The summed E-state index contributed by atoms with van der Waals surface area (Å²) in [5.74, 6) is 1.68. The van der Waals surface area contributed by atoms with E-state index in [1.165, 1.54) is 24.1 Å². The van der Waals surface area contributed by atoms with Crippen molar-refractivity contribution in [1.29, 1.82) is 0 Å². The van der Waals surface area contributed by atoms with Crippen molar-refractivity contribution in [2.45, 2.75) is 57.8 Å². The van der Waals surface area contributed by atoms with Crippen molar-refractivity contribution < 1.29 is 9.32 Å². The molecule has 0 aromatic carbocycles. The summed E-state index contributed by atoms with van der Waals surface area (Å²) in [5, 5.41) is 11.4. The molecule has 4 rings (SSSR count). The van der Waals surface area contributed by atoms with Crippen LogP contribution in [0.25, 0.3) is 0 Å². The number of carbonyl (C=O) groups excluding carboxylic acids is 1. The zero-order valence-corrected chi connectivity index (χ0v) is 14.0.